The number of hydrogen-bond acceptors (Lipinski definition) is 3. The molecule has 1 fully saturated rings. The molecule has 0 bridgehead atoms. The van der Waals surface area contributed by atoms with Crippen LogP contribution in [0.15, 0.2) is 29.4 Å². The number of ether oxygens (including phenoxy) is 1. The monoisotopic (exact) mass is 218 g/mol. The smallest absolute Gasteiger partial charge is 0.243 e. The number of nitrogens with one attached hydrogen (secondary N) is 1. The number of carbonyl (C=O) groups excluding carboxylic acids is 1. The number of amides is 1. The van der Waals surface area contributed by atoms with E-state index in [0.29, 0.717) is 0 Å². The fraction of sp³-hybridized carbons (Fsp3) is 0.333. The molecule has 0 saturated heterocycles. The Kier molecular flexibility index (Phi) is 3.19. The molecule has 1 aromatic rings. The third-order valence-corrected chi connectivity index (χ3v) is 2.45. The number of hydrogen-bond donors (Lipinski definition) is 1. The number of hydrazone groups is 1. The molecule has 0 spiro atoms. The summed E-state index contributed by atoms with van der Waals surface area (Å²) in [6.45, 7) is 0. The number of methoxy groups -OCH3 is 1. The van der Waals surface area contributed by atoms with E-state index >= 15 is 0 Å². The van der Waals surface area contributed by atoms with Gasteiger partial charge in [-0.05, 0) is 42.7 Å². The van der Waals surface area contributed by atoms with Gasteiger partial charge in [-0.15, -0.1) is 0 Å². The minimum absolute atomic E-state index is 0.0183. The summed E-state index contributed by atoms with van der Waals surface area (Å²) >= 11 is 0. The van der Waals surface area contributed by atoms with Crippen LogP contribution < -0.4 is 10.2 Å². The van der Waals surface area contributed by atoms with Gasteiger partial charge >= 0.3 is 0 Å². The summed E-state index contributed by atoms with van der Waals surface area (Å²) in [4.78, 5) is 11.3. The third kappa shape index (κ3) is 2.82. The lowest BCUT2D eigenvalue weighted by atomic mass is 10.2. The Morgan fingerprint density at radius 2 is 2.12 bits per heavy atom. The molecule has 84 valence electrons. The molecule has 0 aromatic heterocycles. The normalized spacial score (nSPS) is 15.1. The summed E-state index contributed by atoms with van der Waals surface area (Å²) in [5.74, 6) is 1.01. The molecule has 1 aromatic carbocycles. The second-order valence-electron chi connectivity index (χ2n) is 3.78. The molecule has 4 nitrogen and oxygen atoms in total. The van der Waals surface area contributed by atoms with E-state index in [1.807, 2.05) is 24.3 Å². The SMILES string of the molecule is COc1ccc(C=NNC(=O)C2CC2)cc1. The van der Waals surface area contributed by atoms with Crippen molar-refractivity contribution in [1.29, 1.82) is 0 Å². The van der Waals surface area contributed by atoms with Gasteiger partial charge < -0.3 is 4.74 Å². The van der Waals surface area contributed by atoms with E-state index < -0.39 is 0 Å². The van der Waals surface area contributed by atoms with Crippen LogP contribution in [0, 0.1) is 5.92 Å². The first-order valence-corrected chi connectivity index (χ1v) is 5.26. The molecular formula is C12H14N2O2. The lowest BCUT2D eigenvalue weighted by molar-refractivity contribution is -0.122. The first-order chi connectivity index (χ1) is 7.79. The van der Waals surface area contributed by atoms with Gasteiger partial charge in [-0.2, -0.15) is 5.10 Å². The molecule has 16 heavy (non-hydrogen) atoms. The molecule has 1 amide bonds. The summed E-state index contributed by atoms with van der Waals surface area (Å²) in [7, 11) is 1.62. The van der Waals surface area contributed by atoms with E-state index in [0.717, 1.165) is 24.2 Å². The highest BCUT2D eigenvalue weighted by Crippen LogP contribution is 2.28. The minimum atomic E-state index is 0.0183. The Labute approximate surface area is 94.3 Å². The Bertz CT molecular complexity index is 394. The molecule has 1 aliphatic rings. The minimum Gasteiger partial charge on any atom is -0.497 e. The average molecular weight is 218 g/mol. The number of carbonyl (C=O) groups is 1. The topological polar surface area (TPSA) is 50.7 Å². The van der Waals surface area contributed by atoms with Crippen LogP contribution in [0.25, 0.3) is 0 Å². The quantitative estimate of drug-likeness (QED) is 0.616. The van der Waals surface area contributed by atoms with Crippen LogP contribution in [0.5, 0.6) is 5.75 Å². The molecule has 1 N–H and O–H groups in total. The summed E-state index contributed by atoms with van der Waals surface area (Å²) in [5.41, 5.74) is 3.45. The van der Waals surface area contributed by atoms with E-state index in [4.69, 9.17) is 4.74 Å². The maximum absolute atomic E-state index is 11.3. The average Bonchev–Trinajstić information content (AvgIpc) is 3.14. The van der Waals surface area contributed by atoms with Crippen LogP contribution in [0.1, 0.15) is 18.4 Å². The Balaban J connectivity index is 1.87. The maximum atomic E-state index is 11.3. The second kappa shape index (κ2) is 4.79. The first-order valence-electron chi connectivity index (χ1n) is 5.26. The second-order valence-corrected chi connectivity index (χ2v) is 3.78. The summed E-state index contributed by atoms with van der Waals surface area (Å²) in [5, 5.41) is 3.89. The lowest BCUT2D eigenvalue weighted by Crippen LogP contribution is -2.18. The Morgan fingerprint density at radius 1 is 1.44 bits per heavy atom. The van der Waals surface area contributed by atoms with Gasteiger partial charge in [-0.3, -0.25) is 4.79 Å². The van der Waals surface area contributed by atoms with E-state index in [-0.39, 0.29) is 11.8 Å². The van der Waals surface area contributed by atoms with E-state index in [1.165, 1.54) is 0 Å². The molecule has 1 saturated carbocycles. The molecule has 0 radical (unpaired) electrons. The molecular weight excluding hydrogens is 204 g/mol. The van der Waals surface area contributed by atoms with Gasteiger partial charge in [0.1, 0.15) is 5.75 Å². The molecule has 2 rings (SSSR count). The van der Waals surface area contributed by atoms with E-state index in [9.17, 15) is 4.79 Å². The highest BCUT2D eigenvalue weighted by atomic mass is 16.5. The maximum Gasteiger partial charge on any atom is 0.243 e. The third-order valence-electron chi connectivity index (χ3n) is 2.45. The van der Waals surface area contributed by atoms with Crippen LogP contribution in [0.4, 0.5) is 0 Å². The largest absolute Gasteiger partial charge is 0.497 e. The fourth-order valence-corrected chi connectivity index (χ4v) is 1.30. The summed E-state index contributed by atoms with van der Waals surface area (Å²) in [6.07, 6.45) is 3.60. The molecule has 0 heterocycles. The molecule has 1 aliphatic carbocycles. The summed E-state index contributed by atoms with van der Waals surface area (Å²) in [6, 6.07) is 7.46. The zero-order valence-electron chi connectivity index (χ0n) is 9.14. The van der Waals surface area contributed by atoms with Crippen molar-refractivity contribution in [1.82, 2.24) is 5.43 Å². The van der Waals surface area contributed by atoms with Crippen LogP contribution in [0.3, 0.4) is 0 Å². The first kappa shape index (κ1) is 10.7. The van der Waals surface area contributed by atoms with Crippen molar-refractivity contribution in [3.63, 3.8) is 0 Å². The van der Waals surface area contributed by atoms with Crippen LogP contribution >= 0.6 is 0 Å². The highest BCUT2D eigenvalue weighted by molar-refractivity contribution is 5.84. The number of benzene rings is 1. The van der Waals surface area contributed by atoms with Gasteiger partial charge in [0.15, 0.2) is 0 Å². The standard InChI is InChI=1S/C12H14N2O2/c1-16-11-6-2-9(3-7-11)8-13-14-12(15)10-4-5-10/h2-3,6-8,10H,4-5H2,1H3,(H,14,15). The van der Waals surface area contributed by atoms with Gasteiger partial charge in [-0.25, -0.2) is 5.43 Å². The lowest BCUT2D eigenvalue weighted by Gasteiger charge is -1.99. The Hall–Kier alpha value is -1.84. The molecule has 4 heteroatoms. The van der Waals surface area contributed by atoms with Crippen molar-refractivity contribution < 1.29 is 9.53 Å². The van der Waals surface area contributed by atoms with E-state index in [2.05, 4.69) is 10.5 Å². The van der Waals surface area contributed by atoms with Gasteiger partial charge in [0.25, 0.3) is 0 Å². The number of nitrogens with zero attached hydrogens (tertiary/aromatic N) is 1. The predicted octanol–water partition coefficient (Wildman–Crippen LogP) is 1.56. The van der Waals surface area contributed by atoms with Gasteiger partial charge in [0.05, 0.1) is 13.3 Å². The molecule has 0 aliphatic heterocycles. The number of rotatable bonds is 4. The van der Waals surface area contributed by atoms with Crippen molar-refractivity contribution in [3.05, 3.63) is 29.8 Å². The van der Waals surface area contributed by atoms with Crippen LogP contribution in [-0.2, 0) is 4.79 Å². The molecule has 0 unspecified atom stereocenters. The van der Waals surface area contributed by atoms with Crippen molar-refractivity contribution >= 4 is 12.1 Å². The summed E-state index contributed by atoms with van der Waals surface area (Å²) < 4.78 is 5.04. The van der Waals surface area contributed by atoms with Gasteiger partial charge in [0, 0.05) is 5.92 Å². The van der Waals surface area contributed by atoms with Crippen LogP contribution in [-0.4, -0.2) is 19.2 Å². The molecule has 0 atom stereocenters. The van der Waals surface area contributed by atoms with Crippen molar-refractivity contribution in [2.75, 3.05) is 7.11 Å². The van der Waals surface area contributed by atoms with E-state index in [1.54, 1.807) is 13.3 Å². The van der Waals surface area contributed by atoms with Crippen LogP contribution in [0.2, 0.25) is 0 Å². The van der Waals surface area contributed by atoms with Gasteiger partial charge in [-0.1, -0.05) is 0 Å². The Morgan fingerprint density at radius 3 is 2.69 bits per heavy atom. The predicted molar refractivity (Wildman–Crippen MR) is 61.5 cm³/mol. The zero-order chi connectivity index (χ0) is 11.4. The fourth-order valence-electron chi connectivity index (χ4n) is 1.30. The highest BCUT2D eigenvalue weighted by Gasteiger charge is 2.29. The zero-order valence-corrected chi connectivity index (χ0v) is 9.14. The van der Waals surface area contributed by atoms with Crippen molar-refractivity contribution in [3.8, 4) is 5.75 Å². The van der Waals surface area contributed by atoms with Gasteiger partial charge in [0.2, 0.25) is 5.91 Å². The van der Waals surface area contributed by atoms with Crippen molar-refractivity contribution in [2.45, 2.75) is 12.8 Å². The van der Waals surface area contributed by atoms with Crippen molar-refractivity contribution in [2.24, 2.45) is 11.0 Å².